The van der Waals surface area contributed by atoms with Crippen molar-refractivity contribution in [1.82, 2.24) is 0 Å². The first kappa shape index (κ1) is 10.2. The number of hydrogen-bond donors (Lipinski definition) is 1. The molecule has 0 aliphatic heterocycles. The van der Waals surface area contributed by atoms with Crippen molar-refractivity contribution in [3.63, 3.8) is 0 Å². The van der Waals surface area contributed by atoms with Gasteiger partial charge in [0.15, 0.2) is 0 Å². The molecule has 2 nitrogen and oxygen atoms in total. The minimum Gasteiger partial charge on any atom is -0.497 e. The summed E-state index contributed by atoms with van der Waals surface area (Å²) in [6.45, 7) is 2.89. The average Bonchev–Trinajstić information content (AvgIpc) is 2.70. The summed E-state index contributed by atoms with van der Waals surface area (Å²) in [5.41, 5.74) is 9.77. The second kappa shape index (κ2) is 4.07. The summed E-state index contributed by atoms with van der Waals surface area (Å²) in [6.07, 6.45) is 3.28. The normalized spacial score (nSPS) is 15.8. The predicted octanol–water partition coefficient (Wildman–Crippen LogP) is 2.23. The van der Waals surface area contributed by atoms with Gasteiger partial charge < -0.3 is 10.5 Å². The Kier molecular flexibility index (Phi) is 2.78. The molecule has 0 amide bonds. The third-order valence-electron chi connectivity index (χ3n) is 3.08. The van der Waals surface area contributed by atoms with E-state index in [-0.39, 0.29) is 0 Å². The molecule has 1 atom stereocenters. The summed E-state index contributed by atoms with van der Waals surface area (Å²) in [4.78, 5) is 0. The third-order valence-corrected chi connectivity index (χ3v) is 3.08. The lowest BCUT2D eigenvalue weighted by Crippen LogP contribution is -2.12. The fourth-order valence-electron chi connectivity index (χ4n) is 1.93. The van der Waals surface area contributed by atoms with Crippen LogP contribution >= 0.6 is 0 Å². The van der Waals surface area contributed by atoms with Crippen LogP contribution in [0.25, 0.3) is 6.08 Å². The van der Waals surface area contributed by atoms with Crippen molar-refractivity contribution in [1.29, 1.82) is 0 Å². The molecule has 2 N–H and O–H groups in total. The zero-order chi connectivity index (χ0) is 10.8. The smallest absolute Gasteiger partial charge is 0.119 e. The molecule has 0 saturated heterocycles. The molecule has 0 aromatic heterocycles. The number of ether oxygens (including phenoxy) is 1. The summed E-state index contributed by atoms with van der Waals surface area (Å²) >= 11 is 0. The molecule has 0 saturated carbocycles. The zero-order valence-corrected chi connectivity index (χ0v) is 9.29. The van der Waals surface area contributed by atoms with Gasteiger partial charge in [0.05, 0.1) is 7.11 Å². The first-order chi connectivity index (χ1) is 7.24. The maximum absolute atomic E-state index is 5.68. The van der Waals surface area contributed by atoms with Gasteiger partial charge in [0, 0.05) is 0 Å². The van der Waals surface area contributed by atoms with Crippen molar-refractivity contribution < 1.29 is 4.74 Å². The van der Waals surface area contributed by atoms with E-state index in [4.69, 9.17) is 10.5 Å². The maximum Gasteiger partial charge on any atom is 0.119 e. The Hall–Kier alpha value is -1.28. The van der Waals surface area contributed by atoms with Crippen LogP contribution in [-0.4, -0.2) is 13.7 Å². The van der Waals surface area contributed by atoms with E-state index in [1.54, 1.807) is 7.11 Å². The van der Waals surface area contributed by atoms with Gasteiger partial charge in [-0.3, -0.25) is 0 Å². The number of rotatable bonds is 3. The molecular formula is C13H17NO. The van der Waals surface area contributed by atoms with Crippen molar-refractivity contribution in [3.8, 4) is 5.75 Å². The monoisotopic (exact) mass is 203 g/mol. The van der Waals surface area contributed by atoms with Crippen LogP contribution in [0, 0.1) is 5.92 Å². The molecule has 1 aromatic carbocycles. The fraction of sp³-hybridized carbons (Fsp3) is 0.385. The lowest BCUT2D eigenvalue weighted by molar-refractivity contribution is 0.414. The number of benzene rings is 1. The predicted molar refractivity (Wildman–Crippen MR) is 62.9 cm³/mol. The van der Waals surface area contributed by atoms with E-state index < -0.39 is 0 Å². The Balaban J connectivity index is 2.27. The number of nitrogens with two attached hydrogens (primary N) is 1. The minimum atomic E-state index is 0.475. The molecule has 1 unspecified atom stereocenters. The van der Waals surface area contributed by atoms with Crippen molar-refractivity contribution in [2.45, 2.75) is 13.3 Å². The summed E-state index contributed by atoms with van der Waals surface area (Å²) in [6, 6.07) is 6.25. The van der Waals surface area contributed by atoms with Gasteiger partial charge in [0.25, 0.3) is 0 Å². The Bertz CT molecular complexity index is 396. The molecule has 15 heavy (non-hydrogen) atoms. The van der Waals surface area contributed by atoms with E-state index in [1.165, 1.54) is 16.7 Å². The minimum absolute atomic E-state index is 0.475. The van der Waals surface area contributed by atoms with Gasteiger partial charge >= 0.3 is 0 Å². The lowest BCUT2D eigenvalue weighted by atomic mass is 10.00. The van der Waals surface area contributed by atoms with Gasteiger partial charge in [-0.25, -0.2) is 0 Å². The number of fused-ring (bicyclic) bond motifs is 1. The Morgan fingerprint density at radius 2 is 2.27 bits per heavy atom. The molecule has 2 heteroatoms. The zero-order valence-electron chi connectivity index (χ0n) is 9.29. The van der Waals surface area contributed by atoms with Crippen molar-refractivity contribution in [2.24, 2.45) is 11.7 Å². The first-order valence-corrected chi connectivity index (χ1v) is 5.32. The molecular weight excluding hydrogens is 186 g/mol. The van der Waals surface area contributed by atoms with Crippen molar-refractivity contribution in [2.75, 3.05) is 13.7 Å². The maximum atomic E-state index is 5.68. The van der Waals surface area contributed by atoms with Gasteiger partial charge in [0.2, 0.25) is 0 Å². The molecule has 1 aliphatic rings. The Labute approximate surface area is 90.7 Å². The summed E-state index contributed by atoms with van der Waals surface area (Å²) in [5, 5.41) is 0. The summed E-state index contributed by atoms with van der Waals surface area (Å²) in [5.74, 6) is 1.40. The first-order valence-electron chi connectivity index (χ1n) is 5.32. The molecule has 1 aromatic rings. The van der Waals surface area contributed by atoms with Gasteiger partial charge in [-0.15, -0.1) is 0 Å². The molecule has 0 fully saturated rings. The highest BCUT2D eigenvalue weighted by atomic mass is 16.5. The van der Waals surface area contributed by atoms with E-state index in [0.29, 0.717) is 5.92 Å². The highest BCUT2D eigenvalue weighted by Gasteiger charge is 2.16. The highest BCUT2D eigenvalue weighted by Crippen LogP contribution is 2.31. The van der Waals surface area contributed by atoms with Crippen LogP contribution in [0.1, 0.15) is 18.1 Å². The topological polar surface area (TPSA) is 35.2 Å². The van der Waals surface area contributed by atoms with Crippen LogP contribution in [-0.2, 0) is 6.42 Å². The molecule has 0 heterocycles. The molecule has 0 radical (unpaired) electrons. The second-order valence-corrected chi connectivity index (χ2v) is 4.10. The standard InChI is InChI=1S/C13H17NO/c1-9(8-14)11-5-10-3-4-13(15-2)7-12(10)6-11/h3-4,6-7,9H,5,8,14H2,1-2H3. The van der Waals surface area contributed by atoms with E-state index in [2.05, 4.69) is 25.1 Å². The summed E-state index contributed by atoms with van der Waals surface area (Å²) in [7, 11) is 1.70. The molecule has 0 bridgehead atoms. The van der Waals surface area contributed by atoms with Crippen LogP contribution in [0.5, 0.6) is 5.75 Å². The molecule has 0 spiro atoms. The quantitative estimate of drug-likeness (QED) is 0.817. The highest BCUT2D eigenvalue weighted by molar-refractivity contribution is 5.65. The van der Waals surface area contributed by atoms with E-state index >= 15 is 0 Å². The van der Waals surface area contributed by atoms with Gasteiger partial charge in [-0.1, -0.05) is 24.6 Å². The fourth-order valence-corrected chi connectivity index (χ4v) is 1.93. The van der Waals surface area contributed by atoms with Crippen LogP contribution in [0.3, 0.4) is 0 Å². The largest absolute Gasteiger partial charge is 0.497 e. The Morgan fingerprint density at radius 1 is 1.47 bits per heavy atom. The van der Waals surface area contributed by atoms with E-state index in [1.807, 2.05) is 6.07 Å². The third kappa shape index (κ3) is 1.90. The van der Waals surface area contributed by atoms with E-state index in [0.717, 1.165) is 18.7 Å². The van der Waals surface area contributed by atoms with Crippen molar-refractivity contribution in [3.05, 3.63) is 34.9 Å². The van der Waals surface area contributed by atoms with Crippen molar-refractivity contribution >= 4 is 6.08 Å². The van der Waals surface area contributed by atoms with Gasteiger partial charge in [-0.2, -0.15) is 0 Å². The molecule has 80 valence electrons. The molecule has 1 aliphatic carbocycles. The molecule has 2 rings (SSSR count). The second-order valence-electron chi connectivity index (χ2n) is 4.10. The SMILES string of the molecule is COc1ccc2c(c1)C=C(C(C)CN)C2. The number of methoxy groups -OCH3 is 1. The number of hydrogen-bond acceptors (Lipinski definition) is 2. The Morgan fingerprint density at radius 3 is 2.93 bits per heavy atom. The van der Waals surface area contributed by atoms with Gasteiger partial charge in [-0.05, 0) is 42.1 Å². The summed E-state index contributed by atoms with van der Waals surface area (Å²) < 4.78 is 5.21. The van der Waals surface area contributed by atoms with Crippen LogP contribution in [0.2, 0.25) is 0 Å². The van der Waals surface area contributed by atoms with Crippen LogP contribution in [0.4, 0.5) is 0 Å². The van der Waals surface area contributed by atoms with Crippen LogP contribution < -0.4 is 10.5 Å². The average molecular weight is 203 g/mol. The van der Waals surface area contributed by atoms with Crippen LogP contribution in [0.15, 0.2) is 23.8 Å². The lowest BCUT2D eigenvalue weighted by Gasteiger charge is -2.08. The van der Waals surface area contributed by atoms with E-state index in [9.17, 15) is 0 Å². The van der Waals surface area contributed by atoms with Gasteiger partial charge in [0.1, 0.15) is 5.75 Å².